The summed E-state index contributed by atoms with van der Waals surface area (Å²) in [7, 11) is 0.147. The molecule has 2 nitrogen and oxygen atoms in total. The SMILES string of the molecule is CC(=O)O[P]Cl. The van der Waals surface area contributed by atoms with Crippen molar-refractivity contribution in [3.05, 3.63) is 0 Å². The average Bonchev–Trinajstić information content (AvgIpc) is 1.35. The number of rotatable bonds is 1. The van der Waals surface area contributed by atoms with Crippen LogP contribution < -0.4 is 0 Å². The molecule has 0 fully saturated rings. The van der Waals surface area contributed by atoms with E-state index >= 15 is 0 Å². The molecule has 0 N–H and O–H groups in total. The van der Waals surface area contributed by atoms with Gasteiger partial charge in [-0.15, -0.1) is 0 Å². The van der Waals surface area contributed by atoms with Gasteiger partial charge in [0, 0.05) is 6.92 Å². The van der Waals surface area contributed by atoms with Crippen LogP contribution in [0.15, 0.2) is 0 Å². The molecule has 0 aromatic rings. The molecule has 4 heteroatoms. The summed E-state index contributed by atoms with van der Waals surface area (Å²) >= 11 is 4.93. The third kappa shape index (κ3) is 4.19. The van der Waals surface area contributed by atoms with Crippen LogP contribution in [0.2, 0.25) is 0 Å². The van der Waals surface area contributed by atoms with Gasteiger partial charge in [-0.3, -0.25) is 4.79 Å². The molecule has 0 amide bonds. The normalized spacial score (nSPS) is 9.67. The summed E-state index contributed by atoms with van der Waals surface area (Å²) in [6.07, 6.45) is 0. The minimum Gasteiger partial charge on any atom is -0.419 e. The van der Waals surface area contributed by atoms with Crippen LogP contribution in [0.25, 0.3) is 0 Å². The summed E-state index contributed by atoms with van der Waals surface area (Å²) in [6.45, 7) is 1.30. The van der Waals surface area contributed by atoms with Gasteiger partial charge in [0.1, 0.15) is 0 Å². The molecule has 0 bridgehead atoms. The van der Waals surface area contributed by atoms with Gasteiger partial charge in [-0.25, -0.2) is 0 Å². The lowest BCUT2D eigenvalue weighted by atomic mass is 10.9. The van der Waals surface area contributed by atoms with E-state index in [9.17, 15) is 4.79 Å². The predicted octanol–water partition coefficient (Wildman–Crippen LogP) is 1.56. The summed E-state index contributed by atoms with van der Waals surface area (Å²) in [5.41, 5.74) is 0. The van der Waals surface area contributed by atoms with Crippen LogP contribution in [0.4, 0.5) is 0 Å². The molecule has 0 heterocycles. The summed E-state index contributed by atoms with van der Waals surface area (Å²) in [5, 5.41) is 0. The van der Waals surface area contributed by atoms with Crippen molar-refractivity contribution in [3.63, 3.8) is 0 Å². The van der Waals surface area contributed by atoms with Crippen molar-refractivity contribution in [1.29, 1.82) is 0 Å². The molecule has 6 heavy (non-hydrogen) atoms. The van der Waals surface area contributed by atoms with Crippen molar-refractivity contribution in [2.45, 2.75) is 6.92 Å². The molecule has 0 spiro atoms. The zero-order valence-electron chi connectivity index (χ0n) is 3.14. The maximum atomic E-state index is 9.73. The second kappa shape index (κ2) is 3.38. The maximum absolute atomic E-state index is 9.73. The lowest BCUT2D eigenvalue weighted by molar-refractivity contribution is -0.130. The van der Waals surface area contributed by atoms with Crippen molar-refractivity contribution in [2.75, 3.05) is 0 Å². The molecule has 0 saturated carbocycles. The molecule has 0 aliphatic rings. The Bertz CT molecular complexity index is 55.5. The summed E-state index contributed by atoms with van der Waals surface area (Å²) in [4.78, 5) is 9.73. The van der Waals surface area contributed by atoms with E-state index in [4.69, 9.17) is 11.2 Å². The van der Waals surface area contributed by atoms with E-state index in [0.717, 1.165) is 0 Å². The van der Waals surface area contributed by atoms with Crippen LogP contribution in [-0.4, -0.2) is 5.97 Å². The number of carbonyl (C=O) groups is 1. The van der Waals surface area contributed by atoms with Crippen molar-refractivity contribution in [2.24, 2.45) is 0 Å². The monoisotopic (exact) mass is 125 g/mol. The second-order valence-corrected chi connectivity index (χ2v) is 1.39. The molecule has 0 rings (SSSR count). The Balaban J connectivity index is 2.83. The molecule has 0 aromatic heterocycles. The number of carbonyl (C=O) groups excluding carboxylic acids is 1. The van der Waals surface area contributed by atoms with E-state index in [1.807, 2.05) is 0 Å². The van der Waals surface area contributed by atoms with Gasteiger partial charge in [0.05, 0.1) is 0 Å². The van der Waals surface area contributed by atoms with E-state index in [1.54, 1.807) is 0 Å². The lowest BCUT2D eigenvalue weighted by Crippen LogP contribution is -1.83. The van der Waals surface area contributed by atoms with E-state index in [-0.39, 0.29) is 14.1 Å². The fourth-order valence-corrected chi connectivity index (χ4v) is 0.437. The molecule has 0 unspecified atom stereocenters. The minimum absolute atomic E-state index is 0.147. The molecule has 35 valence electrons. The first-order valence-electron chi connectivity index (χ1n) is 1.26. The van der Waals surface area contributed by atoms with Crippen LogP contribution in [0, 0.1) is 0 Å². The maximum Gasteiger partial charge on any atom is 0.306 e. The number of halogens is 1. The zero-order chi connectivity index (χ0) is 4.99. The van der Waals surface area contributed by atoms with Gasteiger partial charge < -0.3 is 4.52 Å². The van der Waals surface area contributed by atoms with Gasteiger partial charge in [0.2, 0.25) is 0 Å². The first kappa shape index (κ1) is 6.19. The van der Waals surface area contributed by atoms with Crippen LogP contribution in [0.5, 0.6) is 0 Å². The van der Waals surface area contributed by atoms with E-state index in [2.05, 4.69) is 4.52 Å². The van der Waals surface area contributed by atoms with E-state index < -0.39 is 0 Å². The van der Waals surface area contributed by atoms with Crippen LogP contribution in [0.1, 0.15) is 6.92 Å². The zero-order valence-corrected chi connectivity index (χ0v) is 4.79. The van der Waals surface area contributed by atoms with E-state index in [0.29, 0.717) is 0 Å². The highest BCUT2D eigenvalue weighted by molar-refractivity contribution is 7.64. The lowest BCUT2D eigenvalue weighted by Gasteiger charge is -1.84. The largest absolute Gasteiger partial charge is 0.419 e. The number of hydrogen-bond acceptors (Lipinski definition) is 2. The van der Waals surface area contributed by atoms with Crippen molar-refractivity contribution in [1.82, 2.24) is 0 Å². The first-order valence-corrected chi connectivity index (χ1v) is 2.98. The fraction of sp³-hybridized carbons (Fsp3) is 0.500. The molecule has 0 aromatic carbocycles. The van der Waals surface area contributed by atoms with Gasteiger partial charge in [-0.05, 0) is 11.2 Å². The van der Waals surface area contributed by atoms with Crippen LogP contribution in [-0.2, 0) is 9.32 Å². The summed E-state index contributed by atoms with van der Waals surface area (Å²) in [6, 6.07) is 0. The van der Waals surface area contributed by atoms with Gasteiger partial charge in [-0.1, -0.05) is 0 Å². The fourth-order valence-electron chi connectivity index (χ4n) is 0.0486. The molecule has 0 aliphatic carbocycles. The Kier molecular flexibility index (Phi) is 3.49. The molecule has 1 radical (unpaired) electrons. The highest BCUT2D eigenvalue weighted by Crippen LogP contribution is 2.16. The van der Waals surface area contributed by atoms with Gasteiger partial charge in [-0.2, -0.15) is 0 Å². The topological polar surface area (TPSA) is 26.3 Å². The highest BCUT2D eigenvalue weighted by atomic mass is 35.7. The third-order valence-corrected chi connectivity index (χ3v) is 0.696. The standard InChI is InChI=1S/C2H3ClO2P/c1-2(4)5-6-3/h1H3. The van der Waals surface area contributed by atoms with Gasteiger partial charge in [0.25, 0.3) is 8.16 Å². The Hall–Kier alpha value is 0.190. The summed E-state index contributed by atoms with van der Waals surface area (Å²) in [5.74, 6) is -0.355. The van der Waals surface area contributed by atoms with Crippen molar-refractivity contribution >= 4 is 25.4 Å². The van der Waals surface area contributed by atoms with Crippen LogP contribution >= 0.6 is 19.4 Å². The first-order chi connectivity index (χ1) is 2.77. The Morgan fingerprint density at radius 1 is 2.00 bits per heavy atom. The van der Waals surface area contributed by atoms with Crippen molar-refractivity contribution in [3.8, 4) is 0 Å². The smallest absolute Gasteiger partial charge is 0.306 e. The second-order valence-electron chi connectivity index (χ2n) is 0.652. The molecular weight excluding hydrogens is 122 g/mol. The Morgan fingerprint density at radius 3 is 2.50 bits per heavy atom. The minimum atomic E-state index is -0.355. The molecule has 0 saturated heterocycles. The molecule has 0 atom stereocenters. The molecular formula is C2H3ClO2P. The van der Waals surface area contributed by atoms with Crippen LogP contribution in [0.3, 0.4) is 0 Å². The van der Waals surface area contributed by atoms with Crippen molar-refractivity contribution < 1.29 is 9.32 Å². The van der Waals surface area contributed by atoms with Gasteiger partial charge >= 0.3 is 5.97 Å². The Labute approximate surface area is 42.5 Å². The summed E-state index contributed by atoms with van der Waals surface area (Å²) < 4.78 is 4.14. The Morgan fingerprint density at radius 2 is 2.50 bits per heavy atom. The van der Waals surface area contributed by atoms with Gasteiger partial charge in [0.15, 0.2) is 0 Å². The third-order valence-electron chi connectivity index (χ3n) is 0.163. The quantitative estimate of drug-likeness (QED) is 0.497. The average molecular weight is 125 g/mol. The highest BCUT2D eigenvalue weighted by Gasteiger charge is 1.85. The molecule has 0 aliphatic heterocycles. The predicted molar refractivity (Wildman–Crippen MR) is 24.5 cm³/mol. The van der Waals surface area contributed by atoms with E-state index in [1.165, 1.54) is 6.92 Å². The number of hydrogen-bond donors (Lipinski definition) is 0.